The van der Waals surface area contributed by atoms with Gasteiger partial charge in [0.25, 0.3) is 5.91 Å². The molecule has 2 saturated heterocycles. The lowest BCUT2D eigenvalue weighted by atomic mass is 9.82. The van der Waals surface area contributed by atoms with Crippen molar-refractivity contribution in [3.8, 4) is 11.1 Å². The van der Waals surface area contributed by atoms with Crippen LogP contribution in [-0.4, -0.2) is 138 Å². The molecular formula is C50H59N5O12S. The van der Waals surface area contributed by atoms with Crippen molar-refractivity contribution in [1.82, 2.24) is 14.5 Å². The van der Waals surface area contributed by atoms with Crippen molar-refractivity contribution in [2.24, 2.45) is 5.92 Å². The highest BCUT2D eigenvalue weighted by molar-refractivity contribution is 7.89. The summed E-state index contributed by atoms with van der Waals surface area (Å²) in [6, 6.07) is 24.4. The number of nitrogens with zero attached hydrogens (tertiary/aromatic N) is 2. The molecule has 1 unspecified atom stereocenters. The number of hydrogen-bond donors (Lipinski definition) is 4. The number of fused-ring (bicyclic) bond motifs is 4. The van der Waals surface area contributed by atoms with Crippen molar-refractivity contribution >= 4 is 45.0 Å². The lowest BCUT2D eigenvalue weighted by Gasteiger charge is -2.39. The minimum absolute atomic E-state index is 0.111. The van der Waals surface area contributed by atoms with E-state index in [0.29, 0.717) is 89.9 Å². The molecule has 4 aromatic carbocycles. The quantitative estimate of drug-likeness (QED) is 0.0607. The van der Waals surface area contributed by atoms with Crippen molar-refractivity contribution < 1.29 is 56.4 Å². The molecule has 4 aromatic rings. The molecule has 0 aliphatic carbocycles. The van der Waals surface area contributed by atoms with Crippen LogP contribution in [0, 0.1) is 12.8 Å². The number of anilines is 2. The fourth-order valence-electron chi connectivity index (χ4n) is 9.40. The molecule has 4 aliphatic heterocycles. The van der Waals surface area contributed by atoms with Gasteiger partial charge in [0.2, 0.25) is 27.7 Å². The van der Waals surface area contributed by atoms with E-state index < -0.39 is 28.0 Å². The van der Waals surface area contributed by atoms with Crippen molar-refractivity contribution in [3.63, 3.8) is 0 Å². The topological polar surface area (TPSA) is 211 Å². The van der Waals surface area contributed by atoms with Crippen molar-refractivity contribution in [2.45, 2.75) is 62.2 Å². The fourth-order valence-corrected chi connectivity index (χ4v) is 11.1. The van der Waals surface area contributed by atoms with Gasteiger partial charge in [0.1, 0.15) is 12.6 Å². The van der Waals surface area contributed by atoms with Crippen molar-refractivity contribution in [2.75, 3.05) is 89.9 Å². The summed E-state index contributed by atoms with van der Waals surface area (Å²) < 4.78 is 57.6. The Bertz CT molecular complexity index is 2560. The molecule has 0 bridgehead atoms. The highest BCUT2D eigenvalue weighted by atomic mass is 32.2. The van der Waals surface area contributed by atoms with Gasteiger partial charge in [-0.2, -0.15) is 4.31 Å². The van der Waals surface area contributed by atoms with Gasteiger partial charge in [0, 0.05) is 42.4 Å². The van der Waals surface area contributed by atoms with E-state index in [2.05, 4.69) is 16.0 Å². The van der Waals surface area contributed by atoms with Gasteiger partial charge in [-0.15, -0.1) is 0 Å². The summed E-state index contributed by atoms with van der Waals surface area (Å²) in [5.74, 6) is -1.36. The van der Waals surface area contributed by atoms with Crippen LogP contribution < -0.4 is 16.0 Å². The molecule has 4 heterocycles. The summed E-state index contributed by atoms with van der Waals surface area (Å²) >= 11 is 0. The summed E-state index contributed by atoms with van der Waals surface area (Å²) in [7, 11) is -3.80. The van der Waals surface area contributed by atoms with E-state index in [0.717, 1.165) is 39.1 Å². The highest BCUT2D eigenvalue weighted by Gasteiger charge is 2.48. The van der Waals surface area contributed by atoms with E-state index in [1.165, 1.54) is 0 Å². The summed E-state index contributed by atoms with van der Waals surface area (Å²) in [5.41, 5.74) is 7.38. The zero-order valence-electron chi connectivity index (χ0n) is 38.2. The number of carbonyl (C=O) groups excluding carboxylic acids is 4. The van der Waals surface area contributed by atoms with Crippen LogP contribution in [0.3, 0.4) is 0 Å². The predicted molar refractivity (Wildman–Crippen MR) is 251 cm³/mol. The number of imide groups is 1. The van der Waals surface area contributed by atoms with Gasteiger partial charge >= 0.3 is 0 Å². The number of aliphatic hydroxyl groups excluding tert-OH is 1. The monoisotopic (exact) mass is 953 g/mol. The number of carbonyl (C=O) groups is 4. The van der Waals surface area contributed by atoms with Gasteiger partial charge in [-0.25, -0.2) is 8.42 Å². The standard InChI is InChI=1S/C50H59N5O12S/c1-33-8-11-38(12-9-33)68(61,62)55-18-16-40-44(31-56)52-43-13-10-36(29-41(43)48(40)55)35-5-2-6-37(28-35)51-47(58)32-67-27-26-66-25-24-65-23-22-64-21-20-63-19-17-34-4-3-7-39-42(34)30-54(50(39)60)45-14-15-46(57)53-49(45)59/h2-13,28-29,40,44-45,48,52,56H,14-27,30-32H2,1H3,(H,51,58)(H,53,57,59)/t40-,44+,45?,48-/m1/s1. The Kier molecular flexibility index (Phi) is 16.3. The van der Waals surface area contributed by atoms with E-state index in [-0.39, 0.29) is 67.4 Å². The molecule has 0 radical (unpaired) electrons. The molecule has 0 aromatic heterocycles. The predicted octanol–water partition coefficient (Wildman–Crippen LogP) is 4.23. The third-order valence-electron chi connectivity index (χ3n) is 12.8. The Morgan fingerprint density at radius 2 is 1.47 bits per heavy atom. The van der Waals surface area contributed by atoms with Crippen LogP contribution in [0.2, 0.25) is 0 Å². The highest BCUT2D eigenvalue weighted by Crippen LogP contribution is 2.49. The lowest BCUT2D eigenvalue weighted by molar-refractivity contribution is -0.137. The number of aliphatic hydroxyl groups is 1. The maximum absolute atomic E-state index is 14.0. The normalized spacial score (nSPS) is 20.1. The molecule has 2 fully saturated rings. The van der Waals surface area contributed by atoms with Crippen LogP contribution in [0.4, 0.5) is 11.4 Å². The van der Waals surface area contributed by atoms with Crippen molar-refractivity contribution in [1.29, 1.82) is 0 Å². The van der Waals surface area contributed by atoms with Crippen LogP contribution in [0.1, 0.15) is 57.9 Å². The zero-order chi connectivity index (χ0) is 47.6. The van der Waals surface area contributed by atoms with Crippen LogP contribution >= 0.6 is 0 Å². The number of piperidine rings is 1. The Hall–Kier alpha value is -5.57. The molecule has 4 atom stereocenters. The Morgan fingerprint density at radius 1 is 0.794 bits per heavy atom. The fraction of sp³-hybridized carbons (Fsp3) is 0.440. The van der Waals surface area contributed by atoms with Crippen molar-refractivity contribution in [3.05, 3.63) is 113 Å². The number of nitrogens with one attached hydrogen (secondary N) is 3. The second kappa shape index (κ2) is 22.7. The largest absolute Gasteiger partial charge is 0.394 e. The van der Waals surface area contributed by atoms with Gasteiger partial charge < -0.3 is 44.3 Å². The minimum atomic E-state index is -3.80. The number of amides is 4. The molecule has 18 heteroatoms. The first-order valence-electron chi connectivity index (χ1n) is 23.2. The molecule has 0 saturated carbocycles. The smallest absolute Gasteiger partial charge is 0.255 e. The zero-order valence-corrected chi connectivity index (χ0v) is 39.0. The molecule has 362 valence electrons. The van der Waals surface area contributed by atoms with E-state index in [1.807, 2.05) is 55.5 Å². The summed E-state index contributed by atoms with van der Waals surface area (Å²) in [5, 5.41) is 18.9. The van der Waals surface area contributed by atoms with E-state index in [4.69, 9.17) is 23.7 Å². The van der Waals surface area contributed by atoms with Crippen LogP contribution in [-0.2, 0) is 61.1 Å². The lowest BCUT2D eigenvalue weighted by Crippen LogP contribution is -2.52. The Morgan fingerprint density at radius 3 is 2.18 bits per heavy atom. The van der Waals surface area contributed by atoms with E-state index >= 15 is 0 Å². The summed E-state index contributed by atoms with van der Waals surface area (Å²) in [4.78, 5) is 51.6. The van der Waals surface area contributed by atoms with Gasteiger partial charge in [0.05, 0.1) is 83.0 Å². The third kappa shape index (κ3) is 11.5. The molecule has 4 aliphatic rings. The second-order valence-corrected chi connectivity index (χ2v) is 19.2. The number of sulfonamides is 1. The van der Waals surface area contributed by atoms with Crippen LogP contribution in [0.5, 0.6) is 0 Å². The first-order chi connectivity index (χ1) is 33.0. The first kappa shape index (κ1) is 48.9. The number of ether oxygens (including phenoxy) is 5. The number of aryl methyl sites for hydroxylation is 1. The molecular weight excluding hydrogens is 895 g/mol. The molecule has 8 rings (SSSR count). The molecule has 4 N–H and O–H groups in total. The SMILES string of the molecule is Cc1ccc(S(=O)(=O)N2CC[C@@H]3[C@H](CO)Nc4ccc(-c5cccc(NC(=O)COCCOCCOCCOCCOCCc6cccc7c6CN(C6CCC(=O)NC6=O)C7=O)c5)cc4[C@@H]32)cc1. The minimum Gasteiger partial charge on any atom is -0.394 e. The second-order valence-electron chi connectivity index (χ2n) is 17.3. The summed E-state index contributed by atoms with van der Waals surface area (Å²) in [6.45, 7) is 5.60. The summed E-state index contributed by atoms with van der Waals surface area (Å²) in [6.07, 6.45) is 1.76. The maximum atomic E-state index is 14.0. The molecule has 17 nitrogen and oxygen atoms in total. The Balaban J connectivity index is 0.683. The van der Waals surface area contributed by atoms with E-state index in [9.17, 15) is 32.7 Å². The van der Waals surface area contributed by atoms with E-state index in [1.54, 1.807) is 45.6 Å². The van der Waals surface area contributed by atoms with Gasteiger partial charge in [-0.05, 0) is 96.5 Å². The molecule has 0 spiro atoms. The van der Waals surface area contributed by atoms with Crippen LogP contribution in [0.25, 0.3) is 11.1 Å². The molecule has 68 heavy (non-hydrogen) atoms. The van der Waals surface area contributed by atoms with Gasteiger partial charge in [-0.1, -0.05) is 48.0 Å². The number of hydrogen-bond acceptors (Lipinski definition) is 13. The third-order valence-corrected chi connectivity index (χ3v) is 14.7. The average molecular weight is 954 g/mol. The van der Waals surface area contributed by atoms with Crippen LogP contribution in [0.15, 0.2) is 89.8 Å². The van der Waals surface area contributed by atoms with Gasteiger partial charge in [-0.3, -0.25) is 24.5 Å². The number of rotatable bonds is 23. The average Bonchev–Trinajstić information content (AvgIpc) is 3.94. The first-order valence-corrected chi connectivity index (χ1v) is 24.6. The van der Waals surface area contributed by atoms with Gasteiger partial charge in [0.15, 0.2) is 0 Å². The number of benzene rings is 4. The molecule has 4 amide bonds. The maximum Gasteiger partial charge on any atom is 0.255 e. The Labute approximate surface area is 396 Å².